The SMILES string of the molecule is CCCSc1nnc(N2CC(N)CC2=O)s1. The van der Waals surface area contributed by atoms with E-state index in [0.29, 0.717) is 18.1 Å². The smallest absolute Gasteiger partial charge is 0.230 e. The van der Waals surface area contributed by atoms with Gasteiger partial charge in [-0.15, -0.1) is 10.2 Å². The topological polar surface area (TPSA) is 72.1 Å². The lowest BCUT2D eigenvalue weighted by Crippen LogP contribution is -2.27. The van der Waals surface area contributed by atoms with Crippen LogP contribution in [0.15, 0.2) is 4.34 Å². The Hall–Kier alpha value is -0.660. The zero-order valence-electron chi connectivity index (χ0n) is 9.05. The first-order chi connectivity index (χ1) is 7.70. The molecule has 5 nitrogen and oxygen atoms in total. The van der Waals surface area contributed by atoms with Crippen LogP contribution in [0.25, 0.3) is 0 Å². The Morgan fingerprint density at radius 3 is 3.06 bits per heavy atom. The van der Waals surface area contributed by atoms with Crippen LogP contribution in [0, 0.1) is 0 Å². The van der Waals surface area contributed by atoms with Gasteiger partial charge in [0.2, 0.25) is 11.0 Å². The fourth-order valence-corrected chi connectivity index (χ4v) is 3.27. The van der Waals surface area contributed by atoms with Crippen LogP contribution >= 0.6 is 23.1 Å². The molecule has 1 aliphatic rings. The number of thioether (sulfide) groups is 1. The molecule has 0 radical (unpaired) electrons. The van der Waals surface area contributed by atoms with E-state index in [1.807, 2.05) is 0 Å². The Balaban J connectivity index is 2.04. The molecule has 2 rings (SSSR count). The molecular formula is C9H14N4OS2. The van der Waals surface area contributed by atoms with Crippen LogP contribution in [0.2, 0.25) is 0 Å². The van der Waals surface area contributed by atoms with Gasteiger partial charge in [-0.1, -0.05) is 30.0 Å². The minimum Gasteiger partial charge on any atom is -0.326 e. The fraction of sp³-hybridized carbons (Fsp3) is 0.667. The van der Waals surface area contributed by atoms with Gasteiger partial charge in [-0.05, 0) is 6.42 Å². The molecular weight excluding hydrogens is 244 g/mol. The van der Waals surface area contributed by atoms with E-state index in [4.69, 9.17) is 5.73 Å². The highest BCUT2D eigenvalue weighted by molar-refractivity contribution is 8.01. The summed E-state index contributed by atoms with van der Waals surface area (Å²) in [5.74, 6) is 1.08. The second-order valence-corrected chi connectivity index (χ2v) is 5.97. The van der Waals surface area contributed by atoms with E-state index in [2.05, 4.69) is 17.1 Å². The summed E-state index contributed by atoms with van der Waals surface area (Å²) in [7, 11) is 0. The summed E-state index contributed by atoms with van der Waals surface area (Å²) < 4.78 is 0.921. The summed E-state index contributed by atoms with van der Waals surface area (Å²) in [6.07, 6.45) is 1.52. The molecule has 2 N–H and O–H groups in total. The molecule has 16 heavy (non-hydrogen) atoms. The predicted molar refractivity (Wildman–Crippen MR) is 65.9 cm³/mol. The Labute approximate surface area is 102 Å². The molecule has 2 heterocycles. The number of carbonyl (C=O) groups excluding carboxylic acids is 1. The van der Waals surface area contributed by atoms with Crippen molar-refractivity contribution in [2.24, 2.45) is 5.73 Å². The van der Waals surface area contributed by atoms with Gasteiger partial charge in [-0.3, -0.25) is 9.69 Å². The zero-order chi connectivity index (χ0) is 11.5. The van der Waals surface area contributed by atoms with Crippen molar-refractivity contribution in [1.29, 1.82) is 0 Å². The first-order valence-electron chi connectivity index (χ1n) is 5.23. The van der Waals surface area contributed by atoms with Gasteiger partial charge >= 0.3 is 0 Å². The van der Waals surface area contributed by atoms with Gasteiger partial charge in [0, 0.05) is 24.8 Å². The molecule has 1 aliphatic heterocycles. The van der Waals surface area contributed by atoms with Gasteiger partial charge in [-0.2, -0.15) is 0 Å². The van der Waals surface area contributed by atoms with Gasteiger partial charge in [0.15, 0.2) is 4.34 Å². The number of nitrogens with zero attached hydrogens (tertiary/aromatic N) is 3. The number of hydrogen-bond acceptors (Lipinski definition) is 6. The standard InChI is InChI=1S/C9H14N4OS2/c1-2-3-15-9-12-11-8(16-9)13-5-6(10)4-7(13)14/h6H,2-5,10H2,1H3. The third-order valence-electron chi connectivity index (χ3n) is 2.21. The van der Waals surface area contributed by atoms with Crippen LogP contribution in [0.1, 0.15) is 19.8 Å². The second-order valence-electron chi connectivity index (χ2n) is 3.67. The summed E-state index contributed by atoms with van der Waals surface area (Å²) in [6.45, 7) is 2.68. The van der Waals surface area contributed by atoms with Crippen LogP contribution < -0.4 is 10.6 Å². The molecule has 7 heteroatoms. The largest absolute Gasteiger partial charge is 0.326 e. The molecule has 1 fully saturated rings. The van der Waals surface area contributed by atoms with Gasteiger partial charge in [0.1, 0.15) is 0 Å². The highest BCUT2D eigenvalue weighted by atomic mass is 32.2. The highest BCUT2D eigenvalue weighted by Crippen LogP contribution is 2.30. The Morgan fingerprint density at radius 2 is 2.44 bits per heavy atom. The third-order valence-corrected chi connectivity index (χ3v) is 4.50. The summed E-state index contributed by atoms with van der Waals surface area (Å²) in [5.41, 5.74) is 5.73. The zero-order valence-corrected chi connectivity index (χ0v) is 10.7. The summed E-state index contributed by atoms with van der Waals surface area (Å²) in [4.78, 5) is 13.2. The predicted octanol–water partition coefficient (Wildman–Crippen LogP) is 1.10. The Bertz CT molecular complexity index is 381. The van der Waals surface area contributed by atoms with Crippen LogP contribution in [-0.2, 0) is 4.79 Å². The minimum atomic E-state index is -0.0665. The molecule has 0 aromatic carbocycles. The maximum absolute atomic E-state index is 11.6. The lowest BCUT2D eigenvalue weighted by Gasteiger charge is -2.09. The number of aromatic nitrogens is 2. The number of carbonyl (C=O) groups is 1. The van der Waals surface area contributed by atoms with Crippen molar-refractivity contribution in [1.82, 2.24) is 10.2 Å². The van der Waals surface area contributed by atoms with Crippen molar-refractivity contribution < 1.29 is 4.79 Å². The minimum absolute atomic E-state index is 0.0516. The van der Waals surface area contributed by atoms with E-state index >= 15 is 0 Å². The number of anilines is 1. The van der Waals surface area contributed by atoms with Crippen LogP contribution in [0.3, 0.4) is 0 Å². The van der Waals surface area contributed by atoms with Crippen molar-refractivity contribution in [3.05, 3.63) is 0 Å². The average Bonchev–Trinajstić information content (AvgIpc) is 2.82. The van der Waals surface area contributed by atoms with Crippen molar-refractivity contribution >= 4 is 34.1 Å². The second kappa shape index (κ2) is 5.11. The number of hydrogen-bond donors (Lipinski definition) is 1. The first kappa shape index (κ1) is 11.8. The Kier molecular flexibility index (Phi) is 3.78. The van der Waals surface area contributed by atoms with Crippen molar-refractivity contribution in [3.63, 3.8) is 0 Å². The van der Waals surface area contributed by atoms with Crippen LogP contribution in [-0.4, -0.2) is 34.4 Å². The molecule has 0 aliphatic carbocycles. The molecule has 1 atom stereocenters. The fourth-order valence-electron chi connectivity index (χ4n) is 1.48. The average molecular weight is 258 g/mol. The summed E-state index contributed by atoms with van der Waals surface area (Å²) >= 11 is 3.14. The van der Waals surface area contributed by atoms with E-state index in [1.54, 1.807) is 16.7 Å². The maximum atomic E-state index is 11.6. The summed E-state index contributed by atoms with van der Waals surface area (Å²) in [5, 5.41) is 8.77. The molecule has 0 bridgehead atoms. The van der Waals surface area contributed by atoms with Gasteiger partial charge < -0.3 is 5.73 Å². The van der Waals surface area contributed by atoms with Gasteiger partial charge in [0.25, 0.3) is 0 Å². The number of rotatable bonds is 4. The molecule has 0 spiro atoms. The molecule has 88 valence electrons. The van der Waals surface area contributed by atoms with E-state index in [-0.39, 0.29) is 11.9 Å². The first-order valence-corrected chi connectivity index (χ1v) is 7.03. The maximum Gasteiger partial charge on any atom is 0.230 e. The van der Waals surface area contributed by atoms with Crippen LogP contribution in [0.4, 0.5) is 5.13 Å². The normalized spacial score (nSPS) is 20.8. The molecule has 1 unspecified atom stereocenters. The Morgan fingerprint density at radius 1 is 1.62 bits per heavy atom. The van der Waals surface area contributed by atoms with Gasteiger partial charge in [-0.25, -0.2) is 0 Å². The molecule has 0 saturated carbocycles. The molecule has 1 amide bonds. The van der Waals surface area contributed by atoms with E-state index < -0.39 is 0 Å². The monoisotopic (exact) mass is 258 g/mol. The van der Waals surface area contributed by atoms with Crippen molar-refractivity contribution in [2.75, 3.05) is 17.2 Å². The van der Waals surface area contributed by atoms with Crippen LogP contribution in [0.5, 0.6) is 0 Å². The van der Waals surface area contributed by atoms with E-state index in [9.17, 15) is 4.79 Å². The van der Waals surface area contributed by atoms with Gasteiger partial charge in [0.05, 0.1) is 0 Å². The number of amides is 1. The lowest BCUT2D eigenvalue weighted by molar-refractivity contribution is -0.117. The quantitative estimate of drug-likeness (QED) is 0.647. The number of nitrogens with two attached hydrogens (primary N) is 1. The van der Waals surface area contributed by atoms with E-state index in [0.717, 1.165) is 16.5 Å². The van der Waals surface area contributed by atoms with E-state index in [1.165, 1.54) is 11.3 Å². The lowest BCUT2D eigenvalue weighted by atomic mass is 10.3. The molecule has 1 aromatic heterocycles. The molecule has 1 saturated heterocycles. The highest BCUT2D eigenvalue weighted by Gasteiger charge is 2.30. The van der Waals surface area contributed by atoms with Crippen molar-refractivity contribution in [2.45, 2.75) is 30.1 Å². The summed E-state index contributed by atoms with van der Waals surface area (Å²) in [6, 6.07) is -0.0665. The molecule has 1 aromatic rings. The van der Waals surface area contributed by atoms with Crippen molar-refractivity contribution in [3.8, 4) is 0 Å². The third kappa shape index (κ3) is 2.53.